The van der Waals surface area contributed by atoms with Crippen LogP contribution in [0.5, 0.6) is 11.5 Å². The molecule has 2 aromatic carbocycles. The maximum Gasteiger partial charge on any atom is 0.337 e. The van der Waals surface area contributed by atoms with E-state index in [4.69, 9.17) is 14.2 Å². The van der Waals surface area contributed by atoms with E-state index in [1.165, 1.54) is 18.4 Å². The minimum Gasteiger partial charge on any atom is -0.465 e. The van der Waals surface area contributed by atoms with Crippen LogP contribution in [0.25, 0.3) is 0 Å². The van der Waals surface area contributed by atoms with Crippen LogP contribution in [0, 0.1) is 0 Å². The number of hydrogen-bond donors (Lipinski definition) is 2. The maximum absolute atomic E-state index is 13.3. The van der Waals surface area contributed by atoms with Crippen molar-refractivity contribution in [3.05, 3.63) is 75.2 Å². The monoisotopic (exact) mass is 492 g/mol. The molecule has 0 unspecified atom stereocenters. The van der Waals surface area contributed by atoms with Crippen molar-refractivity contribution in [1.29, 1.82) is 0 Å². The lowest BCUT2D eigenvalue weighted by Crippen LogP contribution is -2.25. The van der Waals surface area contributed by atoms with Crippen LogP contribution in [0.15, 0.2) is 42.5 Å². The zero-order valence-electron chi connectivity index (χ0n) is 19.1. The largest absolute Gasteiger partial charge is 0.465 e. The zero-order valence-corrected chi connectivity index (χ0v) is 20.0. The van der Waals surface area contributed by atoms with Crippen molar-refractivity contribution in [3.8, 4) is 11.5 Å². The predicted molar refractivity (Wildman–Crippen MR) is 130 cm³/mol. The van der Waals surface area contributed by atoms with Crippen molar-refractivity contribution in [2.24, 2.45) is 0 Å². The summed E-state index contributed by atoms with van der Waals surface area (Å²) >= 11 is 1.46. The van der Waals surface area contributed by atoms with E-state index in [1.54, 1.807) is 24.3 Å². The van der Waals surface area contributed by atoms with Gasteiger partial charge in [-0.3, -0.25) is 9.59 Å². The number of carbonyl (C=O) groups is 3. The lowest BCUT2D eigenvalue weighted by atomic mass is 9.95. The van der Waals surface area contributed by atoms with Crippen LogP contribution in [0.2, 0.25) is 0 Å². The van der Waals surface area contributed by atoms with Crippen molar-refractivity contribution in [3.63, 3.8) is 0 Å². The number of anilines is 1. The van der Waals surface area contributed by atoms with Gasteiger partial charge in [-0.25, -0.2) is 4.79 Å². The molecule has 9 heteroatoms. The van der Waals surface area contributed by atoms with E-state index in [9.17, 15) is 14.4 Å². The Hall–Kier alpha value is -3.85. The fraction of sp³-hybridized carbons (Fsp3) is 0.269. The number of carbonyl (C=O) groups excluding carboxylic acids is 3. The Morgan fingerprint density at radius 2 is 1.69 bits per heavy atom. The number of ether oxygens (including phenoxy) is 3. The van der Waals surface area contributed by atoms with Crippen LogP contribution in [0.4, 0.5) is 5.00 Å². The highest BCUT2D eigenvalue weighted by molar-refractivity contribution is 7.17. The third-order valence-corrected chi connectivity index (χ3v) is 7.29. The molecule has 8 nitrogen and oxygen atoms in total. The van der Waals surface area contributed by atoms with Crippen LogP contribution in [-0.2, 0) is 24.1 Å². The van der Waals surface area contributed by atoms with Gasteiger partial charge in [0.15, 0.2) is 11.5 Å². The molecule has 0 saturated carbocycles. The number of methoxy groups -OCH3 is 1. The molecule has 3 aromatic rings. The smallest absolute Gasteiger partial charge is 0.337 e. The molecule has 35 heavy (non-hydrogen) atoms. The number of thiophene rings is 1. The average molecular weight is 493 g/mol. The fourth-order valence-corrected chi connectivity index (χ4v) is 5.55. The number of rotatable bonds is 6. The first-order valence-electron chi connectivity index (χ1n) is 11.3. The van der Waals surface area contributed by atoms with Gasteiger partial charge in [0.2, 0.25) is 6.79 Å². The summed E-state index contributed by atoms with van der Waals surface area (Å²) < 4.78 is 15.5. The van der Waals surface area contributed by atoms with Crippen LogP contribution in [0.3, 0.4) is 0 Å². The van der Waals surface area contributed by atoms with Crippen LogP contribution in [-0.4, -0.2) is 31.7 Å². The van der Waals surface area contributed by atoms with E-state index in [0.717, 1.165) is 41.7 Å². The Labute approximate surface area is 206 Å². The summed E-state index contributed by atoms with van der Waals surface area (Å²) in [4.78, 5) is 39.1. The highest BCUT2D eigenvalue weighted by Crippen LogP contribution is 2.38. The van der Waals surface area contributed by atoms with Gasteiger partial charge in [-0.1, -0.05) is 6.07 Å². The minimum atomic E-state index is -0.468. The Balaban J connectivity index is 1.34. The summed E-state index contributed by atoms with van der Waals surface area (Å²) in [6.07, 6.45) is 3.77. The molecular weight excluding hydrogens is 468 g/mol. The molecule has 0 saturated heterocycles. The number of benzene rings is 2. The molecule has 0 fully saturated rings. The summed E-state index contributed by atoms with van der Waals surface area (Å²) in [7, 11) is 1.31. The number of esters is 1. The molecule has 0 radical (unpaired) electrons. The zero-order chi connectivity index (χ0) is 24.4. The minimum absolute atomic E-state index is 0.195. The van der Waals surface area contributed by atoms with Gasteiger partial charge in [0.05, 0.1) is 18.2 Å². The fourth-order valence-electron chi connectivity index (χ4n) is 4.27. The van der Waals surface area contributed by atoms with E-state index in [2.05, 4.69) is 10.6 Å². The van der Waals surface area contributed by atoms with E-state index in [0.29, 0.717) is 39.7 Å². The van der Waals surface area contributed by atoms with Crippen molar-refractivity contribution >= 4 is 34.1 Å². The molecule has 2 N–H and O–H groups in total. The van der Waals surface area contributed by atoms with Crippen LogP contribution >= 0.6 is 11.3 Å². The van der Waals surface area contributed by atoms with Crippen molar-refractivity contribution < 1.29 is 28.6 Å². The summed E-state index contributed by atoms with van der Waals surface area (Å²) in [5, 5.41) is 6.46. The quantitative estimate of drug-likeness (QED) is 0.497. The van der Waals surface area contributed by atoms with Gasteiger partial charge in [-0.15, -0.1) is 11.3 Å². The second-order valence-electron chi connectivity index (χ2n) is 8.31. The first-order chi connectivity index (χ1) is 17.0. The van der Waals surface area contributed by atoms with Gasteiger partial charge in [-0.2, -0.15) is 0 Å². The Morgan fingerprint density at radius 1 is 0.943 bits per heavy atom. The van der Waals surface area contributed by atoms with Gasteiger partial charge in [0.25, 0.3) is 11.8 Å². The summed E-state index contributed by atoms with van der Waals surface area (Å²) in [5.41, 5.74) is 3.18. The van der Waals surface area contributed by atoms with Crippen molar-refractivity contribution in [2.45, 2.75) is 32.2 Å². The lowest BCUT2D eigenvalue weighted by molar-refractivity contribution is 0.0600. The second kappa shape index (κ2) is 9.79. The summed E-state index contributed by atoms with van der Waals surface area (Å²) in [6, 6.07) is 11.8. The van der Waals surface area contributed by atoms with Gasteiger partial charge >= 0.3 is 5.97 Å². The third-order valence-electron chi connectivity index (χ3n) is 6.08. The van der Waals surface area contributed by atoms with Gasteiger partial charge < -0.3 is 24.8 Å². The predicted octanol–water partition coefficient (Wildman–Crippen LogP) is 4.32. The lowest BCUT2D eigenvalue weighted by Gasteiger charge is -2.13. The molecule has 0 spiro atoms. The Bertz CT molecular complexity index is 1300. The van der Waals surface area contributed by atoms with Gasteiger partial charge in [0, 0.05) is 17.0 Å². The molecule has 1 aliphatic carbocycles. The molecule has 5 rings (SSSR count). The number of amides is 2. The number of fused-ring (bicyclic) bond motifs is 2. The third kappa shape index (κ3) is 4.72. The van der Waals surface area contributed by atoms with Gasteiger partial charge in [-0.05, 0) is 73.2 Å². The average Bonchev–Trinajstić information content (AvgIpc) is 3.50. The molecule has 1 aromatic heterocycles. The molecular formula is C26H24N2O6S. The molecule has 180 valence electrons. The SMILES string of the molecule is COC(=O)c1ccc(C(=O)Nc2sc3c(c2C(=O)NCc2ccc4c(c2)OCO4)CCCC3)cc1. The molecule has 2 amide bonds. The van der Waals surface area contributed by atoms with Crippen LogP contribution < -0.4 is 20.1 Å². The van der Waals surface area contributed by atoms with Crippen molar-refractivity contribution in [1.82, 2.24) is 5.32 Å². The van der Waals surface area contributed by atoms with E-state index in [1.807, 2.05) is 18.2 Å². The standard InChI is InChI=1S/C26H24N2O6S/c1-32-26(31)17-9-7-16(8-10-17)23(29)28-25-22(18-4-2-3-5-21(18)35-25)24(30)27-13-15-6-11-19-20(12-15)34-14-33-19/h6-12H,2-5,13-14H2,1H3,(H,27,30)(H,28,29). The van der Waals surface area contributed by atoms with E-state index in [-0.39, 0.29) is 18.6 Å². The molecule has 2 aliphatic rings. The molecule has 2 heterocycles. The number of aryl methyl sites for hydroxylation is 1. The van der Waals surface area contributed by atoms with E-state index >= 15 is 0 Å². The van der Waals surface area contributed by atoms with Crippen molar-refractivity contribution in [2.75, 3.05) is 19.2 Å². The Morgan fingerprint density at radius 3 is 2.49 bits per heavy atom. The number of hydrogen-bond acceptors (Lipinski definition) is 7. The topological polar surface area (TPSA) is 103 Å². The highest BCUT2D eigenvalue weighted by Gasteiger charge is 2.27. The number of nitrogens with one attached hydrogen (secondary N) is 2. The first-order valence-corrected chi connectivity index (χ1v) is 12.2. The Kier molecular flexibility index (Phi) is 6.41. The molecule has 0 atom stereocenters. The second-order valence-corrected chi connectivity index (χ2v) is 9.41. The first kappa shape index (κ1) is 22.9. The summed E-state index contributed by atoms with van der Waals surface area (Å²) in [6.45, 7) is 0.517. The molecule has 1 aliphatic heterocycles. The van der Waals surface area contributed by atoms with Gasteiger partial charge in [0.1, 0.15) is 5.00 Å². The molecule has 0 bridgehead atoms. The highest BCUT2D eigenvalue weighted by atomic mass is 32.1. The maximum atomic E-state index is 13.3. The van der Waals surface area contributed by atoms with E-state index < -0.39 is 5.97 Å². The van der Waals surface area contributed by atoms with Crippen LogP contribution in [0.1, 0.15) is 59.9 Å². The summed E-state index contributed by atoms with van der Waals surface area (Å²) in [5.74, 6) is 0.319. The normalized spacial score (nSPS) is 13.6.